The first-order valence-electron chi connectivity index (χ1n) is 12.6. The number of halogens is 1. The van der Waals surface area contributed by atoms with E-state index in [1.807, 2.05) is 28.0 Å². The van der Waals surface area contributed by atoms with Gasteiger partial charge in [0, 0.05) is 37.4 Å². The van der Waals surface area contributed by atoms with Gasteiger partial charge in [0.25, 0.3) is 0 Å². The standard InChI is InChI=1S/C27H31ClN4O3/c28-20-11-12-24(29-16-20)30-25(33)19-7-5-14-31(17-19)26(34)21-8-2-3-9-22(21)27(35)32-15-13-18-6-1-4-10-23(18)32/h1,4,6,10-12,16,19,21-22H,2-3,5,7-9,13-15,17H2,(H,29,30,33)/t19-,21+,22+/m1/s1. The van der Waals surface area contributed by atoms with E-state index in [9.17, 15) is 14.4 Å². The zero-order chi connectivity index (χ0) is 24.4. The number of hydrogen-bond donors (Lipinski definition) is 1. The van der Waals surface area contributed by atoms with Crippen molar-refractivity contribution in [1.82, 2.24) is 9.88 Å². The molecule has 35 heavy (non-hydrogen) atoms. The van der Waals surface area contributed by atoms with Gasteiger partial charge >= 0.3 is 0 Å². The highest BCUT2D eigenvalue weighted by molar-refractivity contribution is 6.30. The molecule has 1 aromatic heterocycles. The van der Waals surface area contributed by atoms with Gasteiger partial charge in [0.2, 0.25) is 17.7 Å². The van der Waals surface area contributed by atoms with Crippen molar-refractivity contribution in [2.75, 3.05) is 29.9 Å². The van der Waals surface area contributed by atoms with Gasteiger partial charge < -0.3 is 15.1 Å². The second-order valence-corrected chi connectivity index (χ2v) is 10.3. The number of aromatic nitrogens is 1. The van der Waals surface area contributed by atoms with Gasteiger partial charge in [-0.1, -0.05) is 42.6 Å². The van der Waals surface area contributed by atoms with E-state index in [-0.39, 0.29) is 35.5 Å². The highest BCUT2D eigenvalue weighted by Crippen LogP contribution is 2.37. The monoisotopic (exact) mass is 494 g/mol. The Labute approximate surface area is 210 Å². The Bertz CT molecular complexity index is 1110. The van der Waals surface area contributed by atoms with Gasteiger partial charge in [-0.05, 0) is 55.9 Å². The lowest BCUT2D eigenvalue weighted by Gasteiger charge is -2.38. The molecule has 1 saturated carbocycles. The van der Waals surface area contributed by atoms with Gasteiger partial charge in [-0.3, -0.25) is 14.4 Å². The quantitative estimate of drug-likeness (QED) is 0.686. The number of benzene rings is 1. The van der Waals surface area contributed by atoms with Crippen molar-refractivity contribution < 1.29 is 14.4 Å². The minimum absolute atomic E-state index is 0.0256. The Kier molecular flexibility index (Phi) is 7.04. The van der Waals surface area contributed by atoms with Crippen LogP contribution < -0.4 is 10.2 Å². The number of para-hydroxylation sites is 1. The minimum Gasteiger partial charge on any atom is -0.342 e. The molecule has 184 valence electrons. The molecule has 1 saturated heterocycles. The number of pyridine rings is 1. The lowest BCUT2D eigenvalue weighted by molar-refractivity contribution is -0.145. The molecule has 3 heterocycles. The first-order valence-corrected chi connectivity index (χ1v) is 13.0. The molecular weight excluding hydrogens is 464 g/mol. The van der Waals surface area contributed by atoms with Gasteiger partial charge in [0.05, 0.1) is 16.9 Å². The van der Waals surface area contributed by atoms with Crippen molar-refractivity contribution in [2.24, 2.45) is 17.8 Å². The van der Waals surface area contributed by atoms with Crippen LogP contribution in [0.3, 0.4) is 0 Å². The molecule has 7 nitrogen and oxygen atoms in total. The summed E-state index contributed by atoms with van der Waals surface area (Å²) >= 11 is 5.88. The molecular formula is C27H31ClN4O3. The largest absolute Gasteiger partial charge is 0.342 e. The topological polar surface area (TPSA) is 82.6 Å². The van der Waals surface area contributed by atoms with Gasteiger partial charge in [-0.25, -0.2) is 4.98 Å². The SMILES string of the molecule is O=C(Nc1ccc(Cl)cn1)[C@@H]1CCCN(C(=O)[C@H]2CCCC[C@@H]2C(=O)N2CCc3ccccc32)C1. The zero-order valence-corrected chi connectivity index (χ0v) is 20.5. The molecule has 2 fully saturated rings. The second kappa shape index (κ2) is 10.4. The van der Waals surface area contributed by atoms with Crippen molar-refractivity contribution in [2.45, 2.75) is 44.9 Å². The van der Waals surface area contributed by atoms with Crippen LogP contribution >= 0.6 is 11.6 Å². The van der Waals surface area contributed by atoms with E-state index in [1.165, 1.54) is 11.8 Å². The Hall–Kier alpha value is -2.93. The van der Waals surface area contributed by atoms with Crippen LogP contribution in [0.15, 0.2) is 42.6 Å². The summed E-state index contributed by atoms with van der Waals surface area (Å²) in [4.78, 5) is 48.0. The third kappa shape index (κ3) is 5.06. The average Bonchev–Trinajstić information content (AvgIpc) is 3.33. The van der Waals surface area contributed by atoms with Gasteiger partial charge in [0.15, 0.2) is 0 Å². The summed E-state index contributed by atoms with van der Waals surface area (Å²) in [5, 5.41) is 3.35. The van der Waals surface area contributed by atoms with Crippen LogP contribution in [0.5, 0.6) is 0 Å². The molecule has 1 aliphatic carbocycles. The number of hydrogen-bond acceptors (Lipinski definition) is 4. The Morgan fingerprint density at radius 1 is 0.914 bits per heavy atom. The van der Waals surface area contributed by atoms with E-state index >= 15 is 0 Å². The molecule has 1 aromatic carbocycles. The number of anilines is 2. The maximum atomic E-state index is 13.7. The van der Waals surface area contributed by atoms with Crippen LogP contribution in [0.2, 0.25) is 5.02 Å². The van der Waals surface area contributed by atoms with Gasteiger partial charge in [-0.15, -0.1) is 0 Å². The zero-order valence-electron chi connectivity index (χ0n) is 19.8. The van der Waals surface area contributed by atoms with E-state index in [1.54, 1.807) is 12.1 Å². The van der Waals surface area contributed by atoms with Crippen LogP contribution in [-0.4, -0.2) is 47.2 Å². The maximum Gasteiger partial charge on any atom is 0.230 e. The smallest absolute Gasteiger partial charge is 0.230 e. The highest BCUT2D eigenvalue weighted by atomic mass is 35.5. The Morgan fingerprint density at radius 3 is 2.46 bits per heavy atom. The number of nitrogens with zero attached hydrogens (tertiary/aromatic N) is 3. The van der Waals surface area contributed by atoms with Crippen molar-refractivity contribution in [3.63, 3.8) is 0 Å². The normalized spacial score (nSPS) is 24.1. The summed E-state index contributed by atoms with van der Waals surface area (Å²) in [5.74, 6) is -0.494. The number of likely N-dealkylation sites (tertiary alicyclic amines) is 1. The first kappa shape index (κ1) is 23.8. The minimum atomic E-state index is -0.316. The molecule has 0 bridgehead atoms. The third-order valence-electron chi connectivity index (χ3n) is 7.64. The van der Waals surface area contributed by atoms with Crippen molar-refractivity contribution >= 4 is 40.8 Å². The summed E-state index contributed by atoms with van der Waals surface area (Å²) in [6.45, 7) is 1.69. The molecule has 0 spiro atoms. The molecule has 0 unspecified atom stereocenters. The van der Waals surface area contributed by atoms with E-state index in [0.717, 1.165) is 50.6 Å². The van der Waals surface area contributed by atoms with Crippen LogP contribution in [0.4, 0.5) is 11.5 Å². The van der Waals surface area contributed by atoms with E-state index in [2.05, 4.69) is 16.4 Å². The van der Waals surface area contributed by atoms with E-state index < -0.39 is 0 Å². The molecule has 5 rings (SSSR count). The summed E-state index contributed by atoms with van der Waals surface area (Å²) < 4.78 is 0. The maximum absolute atomic E-state index is 13.7. The molecule has 0 radical (unpaired) electrons. The number of carbonyl (C=O) groups is 3. The van der Waals surface area contributed by atoms with Crippen LogP contribution in [0, 0.1) is 17.8 Å². The van der Waals surface area contributed by atoms with Crippen LogP contribution in [0.1, 0.15) is 44.1 Å². The number of piperidine rings is 1. The third-order valence-corrected chi connectivity index (χ3v) is 7.86. The number of fused-ring (bicyclic) bond motifs is 1. The summed E-state index contributed by atoms with van der Waals surface area (Å²) in [6.07, 6.45) is 7.24. The van der Waals surface area contributed by atoms with Crippen LogP contribution in [-0.2, 0) is 20.8 Å². The number of rotatable bonds is 4. The lowest BCUT2D eigenvalue weighted by Crippen LogP contribution is -2.50. The van der Waals surface area contributed by atoms with Gasteiger partial charge in [0.1, 0.15) is 5.82 Å². The van der Waals surface area contributed by atoms with Gasteiger partial charge in [-0.2, -0.15) is 0 Å². The van der Waals surface area contributed by atoms with E-state index in [4.69, 9.17) is 11.6 Å². The van der Waals surface area contributed by atoms with Crippen molar-refractivity contribution in [3.05, 3.63) is 53.2 Å². The predicted octanol–water partition coefficient (Wildman–Crippen LogP) is 4.31. The van der Waals surface area contributed by atoms with Crippen molar-refractivity contribution in [1.29, 1.82) is 0 Å². The summed E-state index contributed by atoms with van der Waals surface area (Å²) in [6, 6.07) is 11.4. The molecule has 3 atom stereocenters. The lowest BCUT2D eigenvalue weighted by atomic mass is 9.77. The molecule has 2 aromatic rings. The summed E-state index contributed by atoms with van der Waals surface area (Å²) in [5.41, 5.74) is 2.18. The molecule has 1 N–H and O–H groups in total. The van der Waals surface area contributed by atoms with Crippen molar-refractivity contribution in [3.8, 4) is 0 Å². The first-order chi connectivity index (χ1) is 17.0. The fourth-order valence-electron chi connectivity index (χ4n) is 5.79. The molecule has 3 amide bonds. The highest BCUT2D eigenvalue weighted by Gasteiger charge is 2.42. The fourth-order valence-corrected chi connectivity index (χ4v) is 5.91. The average molecular weight is 495 g/mol. The number of carbonyl (C=O) groups excluding carboxylic acids is 3. The molecule has 3 aliphatic rings. The second-order valence-electron chi connectivity index (χ2n) is 9.84. The number of amides is 3. The van der Waals surface area contributed by atoms with Crippen LogP contribution in [0.25, 0.3) is 0 Å². The van der Waals surface area contributed by atoms with E-state index in [0.29, 0.717) is 30.5 Å². The Morgan fingerprint density at radius 2 is 1.69 bits per heavy atom. The fraction of sp³-hybridized carbons (Fsp3) is 0.481. The predicted molar refractivity (Wildman–Crippen MR) is 135 cm³/mol. The summed E-state index contributed by atoms with van der Waals surface area (Å²) in [7, 11) is 0. The number of nitrogens with one attached hydrogen (secondary N) is 1. The molecule has 8 heteroatoms. The molecule has 2 aliphatic heterocycles. The Balaban J connectivity index is 1.26.